The third-order valence-electron chi connectivity index (χ3n) is 6.49. The van der Waals surface area contributed by atoms with Crippen molar-refractivity contribution in [3.63, 3.8) is 0 Å². The van der Waals surface area contributed by atoms with Crippen molar-refractivity contribution in [1.29, 1.82) is 0 Å². The summed E-state index contributed by atoms with van der Waals surface area (Å²) in [6, 6.07) is 20.2. The zero-order valence-electron chi connectivity index (χ0n) is 22.9. The first-order valence-electron chi connectivity index (χ1n) is 13.0. The molecule has 9 heteroatoms. The second-order valence-corrected chi connectivity index (χ2v) is 12.4. The molecule has 0 unspecified atom stereocenters. The first-order chi connectivity index (χ1) is 18.5. The minimum Gasteiger partial charge on any atom is -0.354 e. The molecule has 7 nitrogen and oxygen atoms in total. The van der Waals surface area contributed by atoms with Crippen molar-refractivity contribution < 1.29 is 18.0 Å². The van der Waals surface area contributed by atoms with Gasteiger partial charge in [-0.05, 0) is 68.7 Å². The quantitative estimate of drug-likeness (QED) is 0.270. The van der Waals surface area contributed by atoms with Gasteiger partial charge < -0.3 is 10.2 Å². The number of aryl methyl sites for hydroxylation is 2. The van der Waals surface area contributed by atoms with E-state index in [1.165, 1.54) is 17.0 Å². The molecule has 3 rings (SSSR count). The Balaban J connectivity index is 2.01. The predicted octanol–water partition coefficient (Wildman–Crippen LogP) is 5.59. The first kappa shape index (κ1) is 30.4. The molecule has 0 aromatic heterocycles. The van der Waals surface area contributed by atoms with Crippen LogP contribution < -0.4 is 9.62 Å². The smallest absolute Gasteiger partial charge is 0.264 e. The minimum absolute atomic E-state index is 0.0857. The molecule has 208 valence electrons. The maximum absolute atomic E-state index is 14.0. The zero-order valence-corrected chi connectivity index (χ0v) is 25.3. The van der Waals surface area contributed by atoms with Crippen molar-refractivity contribution in [2.24, 2.45) is 0 Å². The highest BCUT2D eigenvalue weighted by molar-refractivity contribution is 9.10. The predicted molar refractivity (Wildman–Crippen MR) is 159 cm³/mol. The van der Waals surface area contributed by atoms with Gasteiger partial charge in [-0.1, -0.05) is 77.3 Å². The van der Waals surface area contributed by atoms with Crippen LogP contribution in [0.25, 0.3) is 0 Å². The summed E-state index contributed by atoms with van der Waals surface area (Å²) in [5.41, 5.74) is 2.95. The number of halogens is 1. The molecule has 0 spiro atoms. The third kappa shape index (κ3) is 7.92. The van der Waals surface area contributed by atoms with Crippen LogP contribution in [0.1, 0.15) is 43.4 Å². The lowest BCUT2D eigenvalue weighted by molar-refractivity contribution is -0.139. The highest BCUT2D eigenvalue weighted by Gasteiger charge is 2.33. The van der Waals surface area contributed by atoms with E-state index in [-0.39, 0.29) is 17.3 Å². The zero-order chi connectivity index (χ0) is 28.6. The number of hydrogen-bond donors (Lipinski definition) is 1. The maximum Gasteiger partial charge on any atom is 0.264 e. The fourth-order valence-corrected chi connectivity index (χ4v) is 5.99. The Labute approximate surface area is 240 Å². The summed E-state index contributed by atoms with van der Waals surface area (Å²) in [5.74, 6) is -0.756. The van der Waals surface area contributed by atoms with Gasteiger partial charge in [-0.25, -0.2) is 8.42 Å². The van der Waals surface area contributed by atoms with Crippen LogP contribution in [0.3, 0.4) is 0 Å². The van der Waals surface area contributed by atoms with Crippen molar-refractivity contribution in [2.75, 3.05) is 17.4 Å². The van der Waals surface area contributed by atoms with E-state index < -0.39 is 28.5 Å². The number of sulfonamides is 1. The molecule has 2 amide bonds. The van der Waals surface area contributed by atoms with Gasteiger partial charge in [-0.15, -0.1) is 0 Å². The standard InChI is InChI=1S/C30H36BrN3O4S/c1-5-6-18-32-30(36)24(4)33(20-25-13-15-26(31)16-14-25)29(35)21-34(28-17-12-22(2)19-23(28)3)39(37,38)27-10-8-7-9-11-27/h7-17,19,24H,5-6,18,20-21H2,1-4H3,(H,32,36)/t24-/m0/s1. The average molecular weight is 615 g/mol. The molecule has 0 saturated carbocycles. The molecular weight excluding hydrogens is 578 g/mol. The monoisotopic (exact) mass is 613 g/mol. The third-order valence-corrected chi connectivity index (χ3v) is 8.80. The largest absolute Gasteiger partial charge is 0.354 e. The summed E-state index contributed by atoms with van der Waals surface area (Å²) in [7, 11) is -4.08. The molecule has 0 fully saturated rings. The Kier molecular flexibility index (Phi) is 10.7. The van der Waals surface area contributed by atoms with Crippen molar-refractivity contribution in [3.8, 4) is 0 Å². The van der Waals surface area contributed by atoms with E-state index in [0.717, 1.165) is 38.3 Å². The molecule has 0 saturated heterocycles. The van der Waals surface area contributed by atoms with E-state index in [2.05, 4.69) is 21.2 Å². The summed E-state index contributed by atoms with van der Waals surface area (Å²) < 4.78 is 29.8. The Morgan fingerprint density at radius 2 is 1.64 bits per heavy atom. The SMILES string of the molecule is CCCCNC(=O)[C@H](C)N(Cc1ccc(Br)cc1)C(=O)CN(c1ccc(C)cc1C)S(=O)(=O)c1ccccc1. The lowest BCUT2D eigenvalue weighted by atomic mass is 10.1. The van der Waals surface area contributed by atoms with Gasteiger partial charge in [0.15, 0.2) is 0 Å². The van der Waals surface area contributed by atoms with Crippen molar-refractivity contribution in [1.82, 2.24) is 10.2 Å². The minimum atomic E-state index is -4.08. The molecule has 39 heavy (non-hydrogen) atoms. The van der Waals surface area contributed by atoms with Crippen molar-refractivity contribution in [2.45, 2.75) is 58.0 Å². The van der Waals surface area contributed by atoms with Crippen LogP contribution in [0.15, 0.2) is 82.2 Å². The van der Waals surface area contributed by atoms with Crippen LogP contribution in [0.4, 0.5) is 5.69 Å². The topological polar surface area (TPSA) is 86.8 Å². The number of hydrogen-bond acceptors (Lipinski definition) is 4. The van der Waals surface area contributed by atoms with Crippen LogP contribution in [-0.2, 0) is 26.2 Å². The lowest BCUT2D eigenvalue weighted by Gasteiger charge is -2.32. The van der Waals surface area contributed by atoms with Gasteiger partial charge in [-0.3, -0.25) is 13.9 Å². The second-order valence-electron chi connectivity index (χ2n) is 9.58. The molecule has 0 heterocycles. The fourth-order valence-electron chi connectivity index (χ4n) is 4.22. The van der Waals surface area contributed by atoms with E-state index in [4.69, 9.17) is 0 Å². The van der Waals surface area contributed by atoms with Crippen LogP contribution >= 0.6 is 15.9 Å². The molecule has 0 radical (unpaired) electrons. The number of carbonyl (C=O) groups excluding carboxylic acids is 2. The molecule has 1 N–H and O–H groups in total. The summed E-state index contributed by atoms with van der Waals surface area (Å²) in [4.78, 5) is 28.5. The average Bonchev–Trinajstić information content (AvgIpc) is 2.91. The van der Waals surface area contributed by atoms with E-state index in [1.807, 2.05) is 57.2 Å². The Hall–Kier alpha value is -3.17. The number of benzene rings is 3. The lowest BCUT2D eigenvalue weighted by Crippen LogP contribution is -2.51. The summed E-state index contributed by atoms with van der Waals surface area (Å²) in [5, 5.41) is 2.90. The first-order valence-corrected chi connectivity index (χ1v) is 15.2. The summed E-state index contributed by atoms with van der Waals surface area (Å²) in [6.07, 6.45) is 1.76. The second kappa shape index (κ2) is 13.8. The van der Waals surface area contributed by atoms with Crippen molar-refractivity contribution >= 4 is 43.5 Å². The van der Waals surface area contributed by atoms with Crippen LogP contribution in [-0.4, -0.2) is 44.3 Å². The highest BCUT2D eigenvalue weighted by atomic mass is 79.9. The number of nitrogens with zero attached hydrogens (tertiary/aromatic N) is 2. The Morgan fingerprint density at radius 3 is 2.26 bits per heavy atom. The van der Waals surface area contributed by atoms with Crippen molar-refractivity contribution in [3.05, 3.63) is 94.0 Å². The Morgan fingerprint density at radius 1 is 0.974 bits per heavy atom. The molecule has 3 aromatic carbocycles. The Bertz CT molecular complexity index is 1380. The van der Waals surface area contributed by atoms with E-state index >= 15 is 0 Å². The number of rotatable bonds is 12. The number of carbonyl (C=O) groups is 2. The van der Waals surface area contributed by atoms with Gasteiger partial charge in [0.05, 0.1) is 10.6 Å². The van der Waals surface area contributed by atoms with Gasteiger partial charge in [-0.2, -0.15) is 0 Å². The van der Waals surface area contributed by atoms with Crippen LogP contribution in [0, 0.1) is 13.8 Å². The molecule has 0 aliphatic rings. The van der Waals surface area contributed by atoms with Crippen LogP contribution in [0.2, 0.25) is 0 Å². The van der Waals surface area contributed by atoms with Gasteiger partial charge >= 0.3 is 0 Å². The normalized spacial score (nSPS) is 12.0. The number of nitrogens with one attached hydrogen (secondary N) is 1. The molecular formula is C30H36BrN3O4S. The van der Waals surface area contributed by atoms with E-state index in [0.29, 0.717) is 12.2 Å². The molecule has 0 aliphatic heterocycles. The molecule has 0 bridgehead atoms. The van der Waals surface area contributed by atoms with Gasteiger partial charge in [0, 0.05) is 17.6 Å². The molecule has 0 aliphatic carbocycles. The maximum atomic E-state index is 14.0. The van der Waals surface area contributed by atoms with Gasteiger partial charge in [0.2, 0.25) is 11.8 Å². The number of unbranched alkanes of at least 4 members (excludes halogenated alkanes) is 1. The fraction of sp³-hybridized carbons (Fsp3) is 0.333. The summed E-state index contributed by atoms with van der Waals surface area (Å²) in [6.45, 7) is 7.67. The van der Waals surface area contributed by atoms with Crippen LogP contribution in [0.5, 0.6) is 0 Å². The summed E-state index contributed by atoms with van der Waals surface area (Å²) >= 11 is 3.42. The van der Waals surface area contributed by atoms with E-state index in [9.17, 15) is 18.0 Å². The van der Waals surface area contributed by atoms with E-state index in [1.54, 1.807) is 31.2 Å². The molecule has 3 aromatic rings. The van der Waals surface area contributed by atoms with Gasteiger partial charge in [0.25, 0.3) is 10.0 Å². The van der Waals surface area contributed by atoms with Gasteiger partial charge in [0.1, 0.15) is 12.6 Å². The highest BCUT2D eigenvalue weighted by Crippen LogP contribution is 2.28. The molecule has 1 atom stereocenters. The number of amides is 2. The number of anilines is 1.